The number of H-pyrrole nitrogens is 1. The third-order valence-electron chi connectivity index (χ3n) is 2.78. The summed E-state index contributed by atoms with van der Waals surface area (Å²) in [6, 6.07) is 4.78. The summed E-state index contributed by atoms with van der Waals surface area (Å²) in [7, 11) is 0. The summed E-state index contributed by atoms with van der Waals surface area (Å²) in [6.45, 7) is 4.03. The van der Waals surface area contributed by atoms with Crippen LogP contribution in [0.1, 0.15) is 25.7 Å². The zero-order valence-electron chi connectivity index (χ0n) is 11.3. The second kappa shape index (κ2) is 6.05. The minimum Gasteiger partial charge on any atom is -0.487 e. The van der Waals surface area contributed by atoms with Gasteiger partial charge in [-0.15, -0.1) is 0 Å². The van der Waals surface area contributed by atoms with Crippen molar-refractivity contribution in [1.29, 1.82) is 0 Å². The van der Waals surface area contributed by atoms with Crippen molar-refractivity contribution in [3.63, 3.8) is 0 Å². The summed E-state index contributed by atoms with van der Waals surface area (Å²) in [6.07, 6.45) is 3.34. The number of hydrogen-bond acceptors (Lipinski definition) is 5. The van der Waals surface area contributed by atoms with E-state index in [2.05, 4.69) is 15.3 Å². The molecule has 1 atom stereocenters. The highest BCUT2D eigenvalue weighted by molar-refractivity contribution is 5.68. The van der Waals surface area contributed by atoms with Gasteiger partial charge in [-0.1, -0.05) is 6.07 Å². The van der Waals surface area contributed by atoms with Crippen LogP contribution in [-0.4, -0.2) is 21.5 Å². The number of nitro benzene ring substituents is 1. The molecule has 2 aromatic rings. The number of nitrogens with one attached hydrogen (secondary N) is 2. The van der Waals surface area contributed by atoms with Crippen LogP contribution < -0.4 is 10.1 Å². The molecule has 0 aliphatic carbocycles. The van der Waals surface area contributed by atoms with Crippen molar-refractivity contribution < 1.29 is 9.66 Å². The highest BCUT2D eigenvalue weighted by Crippen LogP contribution is 2.36. The van der Waals surface area contributed by atoms with Crippen molar-refractivity contribution in [2.75, 3.05) is 11.9 Å². The highest BCUT2D eigenvalue weighted by Gasteiger charge is 2.22. The van der Waals surface area contributed by atoms with E-state index < -0.39 is 4.92 Å². The van der Waals surface area contributed by atoms with E-state index in [1.807, 2.05) is 6.92 Å². The van der Waals surface area contributed by atoms with Crippen LogP contribution in [-0.2, 0) is 0 Å². The van der Waals surface area contributed by atoms with Crippen molar-refractivity contribution >= 4 is 11.4 Å². The number of hydrogen-bond donors (Lipinski definition) is 2. The fourth-order valence-electron chi connectivity index (χ4n) is 1.91. The normalized spacial score (nSPS) is 11.9. The first-order valence-electron chi connectivity index (χ1n) is 6.29. The number of benzene rings is 1. The van der Waals surface area contributed by atoms with Gasteiger partial charge in [0.15, 0.2) is 5.75 Å². The predicted molar refractivity (Wildman–Crippen MR) is 74.9 cm³/mol. The lowest BCUT2D eigenvalue weighted by Crippen LogP contribution is -2.10. The molecule has 0 spiro atoms. The van der Waals surface area contributed by atoms with Crippen LogP contribution in [0.25, 0.3) is 0 Å². The first kappa shape index (κ1) is 13.9. The summed E-state index contributed by atoms with van der Waals surface area (Å²) in [5.74, 6) is 0.968. The highest BCUT2D eigenvalue weighted by atomic mass is 16.6. The van der Waals surface area contributed by atoms with Gasteiger partial charge in [0, 0.05) is 12.4 Å². The van der Waals surface area contributed by atoms with E-state index in [-0.39, 0.29) is 17.5 Å². The lowest BCUT2D eigenvalue weighted by molar-refractivity contribution is -0.385. The van der Waals surface area contributed by atoms with Gasteiger partial charge in [0.05, 0.1) is 17.6 Å². The Morgan fingerprint density at radius 1 is 1.55 bits per heavy atom. The Labute approximate surface area is 116 Å². The van der Waals surface area contributed by atoms with E-state index in [0.29, 0.717) is 18.1 Å². The van der Waals surface area contributed by atoms with Gasteiger partial charge in [0.1, 0.15) is 11.5 Å². The van der Waals surface area contributed by atoms with Gasteiger partial charge >= 0.3 is 5.69 Å². The smallest absolute Gasteiger partial charge is 0.333 e. The molecule has 2 N–H and O–H groups in total. The Bertz CT molecular complexity index is 583. The first-order chi connectivity index (χ1) is 9.63. The maximum Gasteiger partial charge on any atom is 0.333 e. The molecule has 0 bridgehead atoms. The molecule has 1 unspecified atom stereocenters. The first-order valence-corrected chi connectivity index (χ1v) is 6.29. The molecule has 0 saturated heterocycles. The number of anilines is 1. The topological polar surface area (TPSA) is 93.1 Å². The minimum absolute atomic E-state index is 0.0623. The quantitative estimate of drug-likeness (QED) is 0.625. The Kier molecular flexibility index (Phi) is 4.19. The van der Waals surface area contributed by atoms with E-state index in [4.69, 9.17) is 4.74 Å². The van der Waals surface area contributed by atoms with Crippen LogP contribution >= 0.6 is 0 Å². The average molecular weight is 276 g/mol. The molecule has 0 aliphatic heterocycles. The molecule has 7 nitrogen and oxygen atoms in total. The lowest BCUT2D eigenvalue weighted by atomic mass is 10.2. The van der Waals surface area contributed by atoms with E-state index in [1.165, 1.54) is 0 Å². The summed E-state index contributed by atoms with van der Waals surface area (Å²) >= 11 is 0. The van der Waals surface area contributed by atoms with Gasteiger partial charge in [-0.25, -0.2) is 4.98 Å². The van der Waals surface area contributed by atoms with Crippen molar-refractivity contribution in [2.45, 2.75) is 19.9 Å². The number of imidazole rings is 1. The Hall–Kier alpha value is -2.57. The van der Waals surface area contributed by atoms with Gasteiger partial charge in [-0.05, 0) is 26.0 Å². The molecule has 20 heavy (non-hydrogen) atoms. The zero-order chi connectivity index (χ0) is 14.5. The van der Waals surface area contributed by atoms with Crippen molar-refractivity contribution in [3.8, 4) is 5.75 Å². The fraction of sp³-hybridized carbons (Fsp3) is 0.308. The molecule has 7 heteroatoms. The van der Waals surface area contributed by atoms with Crippen molar-refractivity contribution in [1.82, 2.24) is 9.97 Å². The van der Waals surface area contributed by atoms with Crippen LogP contribution in [0.2, 0.25) is 0 Å². The largest absolute Gasteiger partial charge is 0.487 e. The Balaban J connectivity index is 2.31. The van der Waals surface area contributed by atoms with Gasteiger partial charge < -0.3 is 15.0 Å². The van der Waals surface area contributed by atoms with Crippen molar-refractivity contribution in [2.24, 2.45) is 0 Å². The molecule has 0 saturated carbocycles. The lowest BCUT2D eigenvalue weighted by Gasteiger charge is -2.14. The van der Waals surface area contributed by atoms with E-state index >= 15 is 0 Å². The second-order valence-electron chi connectivity index (χ2n) is 4.18. The average Bonchev–Trinajstić information content (AvgIpc) is 2.92. The summed E-state index contributed by atoms with van der Waals surface area (Å²) in [4.78, 5) is 17.9. The summed E-state index contributed by atoms with van der Waals surface area (Å²) < 4.78 is 5.31. The molecule has 2 rings (SSSR count). The molecular weight excluding hydrogens is 260 g/mol. The number of nitro groups is 1. The summed E-state index contributed by atoms with van der Waals surface area (Å²) in [5, 5.41) is 14.3. The molecular formula is C13H16N4O3. The number of aromatic amines is 1. The minimum atomic E-state index is -0.442. The fourth-order valence-corrected chi connectivity index (χ4v) is 1.91. The summed E-state index contributed by atoms with van der Waals surface area (Å²) in [5.41, 5.74) is 0.345. The van der Waals surface area contributed by atoms with Crippen LogP contribution in [0.15, 0.2) is 30.6 Å². The van der Waals surface area contributed by atoms with E-state index in [1.54, 1.807) is 37.5 Å². The molecule has 0 radical (unpaired) electrons. The second-order valence-corrected chi connectivity index (χ2v) is 4.18. The van der Waals surface area contributed by atoms with Gasteiger partial charge in [-0.3, -0.25) is 10.1 Å². The van der Waals surface area contributed by atoms with Crippen LogP contribution in [0.4, 0.5) is 11.4 Å². The van der Waals surface area contributed by atoms with Crippen LogP contribution in [0.3, 0.4) is 0 Å². The molecule has 0 fully saturated rings. The third kappa shape index (κ3) is 2.87. The number of ether oxygens (including phenoxy) is 1. The molecule has 1 heterocycles. The van der Waals surface area contributed by atoms with Gasteiger partial charge in [0.2, 0.25) is 0 Å². The number of aromatic nitrogens is 2. The monoisotopic (exact) mass is 276 g/mol. The molecule has 1 aromatic carbocycles. The third-order valence-corrected chi connectivity index (χ3v) is 2.78. The standard InChI is InChI=1S/C13H16N4O3/c1-3-20-11-6-4-5-10(12(11)17(18)19)16-9(2)13-14-7-8-15-13/h4-9,16H,3H2,1-2H3,(H,14,15). The van der Waals surface area contributed by atoms with E-state index in [9.17, 15) is 10.1 Å². The van der Waals surface area contributed by atoms with Crippen LogP contribution in [0.5, 0.6) is 5.75 Å². The Morgan fingerprint density at radius 3 is 2.95 bits per heavy atom. The van der Waals surface area contributed by atoms with Gasteiger partial charge in [0.25, 0.3) is 0 Å². The molecule has 0 aliphatic rings. The SMILES string of the molecule is CCOc1cccc(NC(C)c2ncc[nH]2)c1[N+](=O)[O-]. The zero-order valence-corrected chi connectivity index (χ0v) is 11.3. The van der Waals surface area contributed by atoms with E-state index in [0.717, 1.165) is 0 Å². The predicted octanol–water partition coefficient (Wildman–Crippen LogP) is 2.89. The number of para-hydroxylation sites is 1. The van der Waals surface area contributed by atoms with Crippen molar-refractivity contribution in [3.05, 3.63) is 46.5 Å². The van der Waals surface area contributed by atoms with Crippen LogP contribution in [0, 0.1) is 10.1 Å². The maximum atomic E-state index is 11.2. The molecule has 106 valence electrons. The Morgan fingerprint density at radius 2 is 2.35 bits per heavy atom. The molecule has 1 aromatic heterocycles. The van der Waals surface area contributed by atoms with Gasteiger partial charge in [-0.2, -0.15) is 0 Å². The number of rotatable bonds is 6. The number of nitrogens with zero attached hydrogens (tertiary/aromatic N) is 2. The maximum absolute atomic E-state index is 11.2. The molecule has 0 amide bonds.